The van der Waals surface area contributed by atoms with Crippen LogP contribution >= 0.6 is 0 Å². The van der Waals surface area contributed by atoms with Crippen molar-refractivity contribution in [1.29, 1.82) is 0 Å². The molecule has 1 aliphatic rings. The van der Waals surface area contributed by atoms with Crippen LogP contribution in [0.25, 0.3) is 10.8 Å². The lowest BCUT2D eigenvalue weighted by Crippen LogP contribution is -2.42. The van der Waals surface area contributed by atoms with Gasteiger partial charge in [0.1, 0.15) is 5.75 Å². The van der Waals surface area contributed by atoms with Gasteiger partial charge < -0.3 is 10.1 Å². The maximum atomic E-state index is 11.1. The van der Waals surface area contributed by atoms with Crippen molar-refractivity contribution in [2.75, 3.05) is 7.11 Å². The Labute approximate surface area is 118 Å². The number of rotatable bonds is 3. The maximum absolute atomic E-state index is 11.1. The normalized spacial score (nSPS) is 21.3. The molecule has 0 spiro atoms. The molecule has 0 aromatic heterocycles. The summed E-state index contributed by atoms with van der Waals surface area (Å²) in [6, 6.07) is 12.8. The van der Waals surface area contributed by atoms with Gasteiger partial charge in [-0.3, -0.25) is 4.79 Å². The fraction of sp³-hybridized carbons (Fsp3) is 0.353. The second-order valence-corrected chi connectivity index (χ2v) is 5.47. The number of carbonyl (C=O) groups excluding carboxylic acids is 1. The van der Waals surface area contributed by atoms with Gasteiger partial charge in [0.2, 0.25) is 5.91 Å². The highest BCUT2D eigenvalue weighted by atomic mass is 16.5. The first-order valence-corrected chi connectivity index (χ1v) is 7.01. The summed E-state index contributed by atoms with van der Waals surface area (Å²) >= 11 is 0. The van der Waals surface area contributed by atoms with Crippen molar-refractivity contribution >= 4 is 16.7 Å². The van der Waals surface area contributed by atoms with Gasteiger partial charge in [-0.25, -0.2) is 0 Å². The third-order valence-electron chi connectivity index (χ3n) is 4.10. The van der Waals surface area contributed by atoms with E-state index in [2.05, 4.69) is 35.6 Å². The van der Waals surface area contributed by atoms with Crippen LogP contribution in [0.2, 0.25) is 0 Å². The Morgan fingerprint density at radius 2 is 1.95 bits per heavy atom. The van der Waals surface area contributed by atoms with E-state index in [0.717, 1.165) is 18.6 Å². The minimum Gasteiger partial charge on any atom is -0.496 e. The van der Waals surface area contributed by atoms with Gasteiger partial charge in [-0.05, 0) is 35.6 Å². The fourth-order valence-electron chi connectivity index (χ4n) is 3.13. The zero-order valence-electron chi connectivity index (χ0n) is 11.8. The van der Waals surface area contributed by atoms with Crippen LogP contribution in [0.5, 0.6) is 5.75 Å². The van der Waals surface area contributed by atoms with Crippen molar-refractivity contribution in [2.45, 2.75) is 31.7 Å². The number of ether oxygens (including phenoxy) is 1. The molecule has 1 amide bonds. The van der Waals surface area contributed by atoms with Crippen molar-refractivity contribution < 1.29 is 9.53 Å². The number of hydrogen-bond acceptors (Lipinski definition) is 2. The highest BCUT2D eigenvalue weighted by Gasteiger charge is 2.33. The molecule has 0 radical (unpaired) electrons. The number of nitrogens with one attached hydrogen (secondary N) is 1. The molecule has 0 atom stereocenters. The van der Waals surface area contributed by atoms with E-state index in [9.17, 15) is 4.79 Å². The summed E-state index contributed by atoms with van der Waals surface area (Å²) in [4.78, 5) is 11.1. The van der Waals surface area contributed by atoms with Gasteiger partial charge >= 0.3 is 0 Å². The lowest BCUT2D eigenvalue weighted by molar-refractivity contribution is -0.120. The predicted octanol–water partition coefficient (Wildman–Crippen LogP) is 3.23. The van der Waals surface area contributed by atoms with Gasteiger partial charge in [0, 0.05) is 18.5 Å². The first-order chi connectivity index (χ1) is 9.69. The zero-order chi connectivity index (χ0) is 14.1. The van der Waals surface area contributed by atoms with E-state index in [-0.39, 0.29) is 5.91 Å². The van der Waals surface area contributed by atoms with Crippen LogP contribution in [0.1, 0.15) is 31.2 Å². The van der Waals surface area contributed by atoms with Gasteiger partial charge in [0.25, 0.3) is 0 Å². The van der Waals surface area contributed by atoms with E-state index in [1.807, 2.05) is 6.07 Å². The fourth-order valence-corrected chi connectivity index (χ4v) is 3.13. The number of methoxy groups -OCH3 is 1. The predicted molar refractivity (Wildman–Crippen MR) is 80.1 cm³/mol. The van der Waals surface area contributed by atoms with Gasteiger partial charge in [-0.2, -0.15) is 0 Å². The molecule has 1 N–H and O–H groups in total. The molecular weight excluding hydrogens is 250 g/mol. The van der Waals surface area contributed by atoms with Crippen LogP contribution in [0.4, 0.5) is 0 Å². The van der Waals surface area contributed by atoms with E-state index in [4.69, 9.17) is 4.74 Å². The monoisotopic (exact) mass is 269 g/mol. The Kier molecular flexibility index (Phi) is 3.35. The van der Waals surface area contributed by atoms with Crippen LogP contribution in [-0.2, 0) is 4.79 Å². The smallest absolute Gasteiger partial charge is 0.217 e. The molecule has 0 unspecified atom stereocenters. The van der Waals surface area contributed by atoms with Crippen LogP contribution in [-0.4, -0.2) is 19.1 Å². The van der Waals surface area contributed by atoms with E-state index < -0.39 is 0 Å². The molecule has 2 aromatic rings. The van der Waals surface area contributed by atoms with E-state index in [1.54, 1.807) is 14.0 Å². The van der Waals surface area contributed by atoms with Crippen molar-refractivity contribution in [3.8, 4) is 5.75 Å². The Hall–Kier alpha value is -2.03. The minimum atomic E-state index is 0.0540. The topological polar surface area (TPSA) is 38.3 Å². The first kappa shape index (κ1) is 13.0. The highest BCUT2D eigenvalue weighted by molar-refractivity contribution is 5.88. The summed E-state index contributed by atoms with van der Waals surface area (Å²) in [6.07, 6.45) is 1.98. The number of hydrogen-bond donors (Lipinski definition) is 1. The lowest BCUT2D eigenvalue weighted by atomic mass is 9.74. The molecule has 3 nitrogen and oxygen atoms in total. The van der Waals surface area contributed by atoms with Crippen molar-refractivity contribution in [2.24, 2.45) is 0 Å². The standard InChI is InChI=1S/C17H19NO2/c1-11(19)18-14-9-13(10-14)17-15-6-4-3-5-12(15)7-8-16(17)20-2/h3-8,13-14H,9-10H2,1-2H3,(H,18,19). The maximum Gasteiger partial charge on any atom is 0.217 e. The molecule has 1 fully saturated rings. The molecule has 2 aromatic carbocycles. The van der Waals surface area contributed by atoms with Crippen LogP contribution in [0.15, 0.2) is 36.4 Å². The van der Waals surface area contributed by atoms with Crippen LogP contribution < -0.4 is 10.1 Å². The SMILES string of the molecule is COc1ccc2ccccc2c1C1CC(NC(C)=O)C1. The Morgan fingerprint density at radius 1 is 1.20 bits per heavy atom. The quantitative estimate of drug-likeness (QED) is 0.929. The minimum absolute atomic E-state index is 0.0540. The Bertz CT molecular complexity index is 644. The third kappa shape index (κ3) is 2.24. The lowest BCUT2D eigenvalue weighted by Gasteiger charge is -2.37. The summed E-state index contributed by atoms with van der Waals surface area (Å²) in [7, 11) is 1.72. The Morgan fingerprint density at radius 3 is 2.65 bits per heavy atom. The van der Waals surface area contributed by atoms with Gasteiger partial charge in [-0.15, -0.1) is 0 Å². The molecule has 0 heterocycles. The Balaban J connectivity index is 1.93. The number of amides is 1. The second kappa shape index (κ2) is 5.16. The molecule has 1 saturated carbocycles. The zero-order valence-corrected chi connectivity index (χ0v) is 11.8. The largest absolute Gasteiger partial charge is 0.496 e. The van der Waals surface area contributed by atoms with Crippen molar-refractivity contribution in [3.05, 3.63) is 42.0 Å². The molecule has 0 aliphatic heterocycles. The number of fused-ring (bicyclic) bond motifs is 1. The van der Waals surface area contributed by atoms with Gasteiger partial charge in [0.15, 0.2) is 0 Å². The summed E-state index contributed by atoms with van der Waals surface area (Å²) < 4.78 is 5.54. The molecule has 104 valence electrons. The molecule has 0 bridgehead atoms. The van der Waals surface area contributed by atoms with Crippen LogP contribution in [0.3, 0.4) is 0 Å². The highest BCUT2D eigenvalue weighted by Crippen LogP contribution is 2.44. The van der Waals surface area contributed by atoms with Crippen LogP contribution in [0, 0.1) is 0 Å². The molecule has 20 heavy (non-hydrogen) atoms. The first-order valence-electron chi connectivity index (χ1n) is 7.01. The van der Waals surface area contributed by atoms with E-state index in [0.29, 0.717) is 12.0 Å². The average molecular weight is 269 g/mol. The molecule has 3 heteroatoms. The number of carbonyl (C=O) groups is 1. The summed E-state index contributed by atoms with van der Waals surface area (Å²) in [5, 5.41) is 5.49. The molecule has 1 aliphatic carbocycles. The van der Waals surface area contributed by atoms with E-state index in [1.165, 1.54) is 16.3 Å². The van der Waals surface area contributed by atoms with Crippen molar-refractivity contribution in [1.82, 2.24) is 5.32 Å². The number of benzene rings is 2. The summed E-state index contributed by atoms with van der Waals surface area (Å²) in [5.41, 5.74) is 1.28. The second-order valence-electron chi connectivity index (χ2n) is 5.47. The summed E-state index contributed by atoms with van der Waals surface area (Å²) in [6.45, 7) is 1.58. The van der Waals surface area contributed by atoms with Gasteiger partial charge in [0.05, 0.1) is 7.11 Å². The molecular formula is C17H19NO2. The van der Waals surface area contributed by atoms with Crippen molar-refractivity contribution in [3.63, 3.8) is 0 Å². The third-order valence-corrected chi connectivity index (χ3v) is 4.10. The molecule has 3 rings (SSSR count). The van der Waals surface area contributed by atoms with Gasteiger partial charge in [-0.1, -0.05) is 30.3 Å². The van der Waals surface area contributed by atoms with E-state index >= 15 is 0 Å². The average Bonchev–Trinajstić information content (AvgIpc) is 2.41. The summed E-state index contributed by atoms with van der Waals surface area (Å²) in [5.74, 6) is 1.47. The molecule has 0 saturated heterocycles.